The first kappa shape index (κ1) is 11.4. The highest BCUT2D eigenvalue weighted by atomic mass is 14.9. The van der Waals surface area contributed by atoms with Crippen molar-refractivity contribution in [1.29, 1.82) is 0 Å². The summed E-state index contributed by atoms with van der Waals surface area (Å²) in [6, 6.07) is 0.836. The lowest BCUT2D eigenvalue weighted by Crippen LogP contribution is -2.38. The van der Waals surface area contributed by atoms with Crippen LogP contribution in [0.15, 0.2) is 0 Å². The summed E-state index contributed by atoms with van der Waals surface area (Å²) in [5.41, 5.74) is 0.633. The average Bonchev–Trinajstić information content (AvgIpc) is 2.68. The summed E-state index contributed by atoms with van der Waals surface area (Å²) in [5.74, 6) is 1.95. The quantitative estimate of drug-likeness (QED) is 0.729. The summed E-state index contributed by atoms with van der Waals surface area (Å²) in [6.45, 7) is 8.37. The first-order valence-electron chi connectivity index (χ1n) is 6.88. The van der Waals surface area contributed by atoms with Crippen LogP contribution in [-0.4, -0.2) is 12.6 Å². The molecule has 0 aromatic carbocycles. The van der Waals surface area contributed by atoms with Crippen LogP contribution in [0.3, 0.4) is 0 Å². The summed E-state index contributed by atoms with van der Waals surface area (Å²) in [5, 5.41) is 3.83. The average molecular weight is 209 g/mol. The maximum Gasteiger partial charge on any atom is 0.0129 e. The molecule has 1 N–H and O–H groups in total. The molecule has 0 aromatic rings. The third-order valence-corrected chi connectivity index (χ3v) is 4.56. The van der Waals surface area contributed by atoms with Gasteiger partial charge >= 0.3 is 0 Å². The standard InChI is InChI=1S/C14H27N/c1-4-9-15-13(11-7-5-6-8-11)12-10-14(12,2)3/h11-13,15H,4-10H2,1-3H3. The van der Waals surface area contributed by atoms with E-state index in [0.717, 1.165) is 17.9 Å². The maximum atomic E-state index is 3.83. The van der Waals surface area contributed by atoms with Gasteiger partial charge in [0.25, 0.3) is 0 Å². The van der Waals surface area contributed by atoms with Crippen molar-refractivity contribution < 1.29 is 0 Å². The fourth-order valence-corrected chi connectivity index (χ4v) is 3.39. The SMILES string of the molecule is CCCNC(C1CCCC1)C1CC1(C)C. The first-order valence-corrected chi connectivity index (χ1v) is 6.88. The van der Waals surface area contributed by atoms with Crippen LogP contribution in [0.4, 0.5) is 0 Å². The molecule has 15 heavy (non-hydrogen) atoms. The van der Waals surface area contributed by atoms with E-state index in [9.17, 15) is 0 Å². The third kappa shape index (κ3) is 2.55. The Morgan fingerprint density at radius 2 is 1.87 bits per heavy atom. The second-order valence-corrected chi connectivity index (χ2v) is 6.32. The van der Waals surface area contributed by atoms with Gasteiger partial charge in [-0.3, -0.25) is 0 Å². The Balaban J connectivity index is 1.91. The molecule has 1 heteroatoms. The number of hydrogen-bond donors (Lipinski definition) is 1. The van der Waals surface area contributed by atoms with Crippen LogP contribution in [0.2, 0.25) is 0 Å². The monoisotopic (exact) mass is 209 g/mol. The molecule has 0 heterocycles. The largest absolute Gasteiger partial charge is 0.313 e. The van der Waals surface area contributed by atoms with Crippen LogP contribution in [-0.2, 0) is 0 Å². The van der Waals surface area contributed by atoms with Gasteiger partial charge in [-0.2, -0.15) is 0 Å². The van der Waals surface area contributed by atoms with Crippen molar-refractivity contribution in [2.45, 2.75) is 65.3 Å². The molecule has 0 spiro atoms. The van der Waals surface area contributed by atoms with Gasteiger partial charge in [-0.05, 0) is 49.5 Å². The van der Waals surface area contributed by atoms with Gasteiger partial charge in [0.15, 0.2) is 0 Å². The topological polar surface area (TPSA) is 12.0 Å². The van der Waals surface area contributed by atoms with Crippen molar-refractivity contribution >= 4 is 0 Å². The van der Waals surface area contributed by atoms with Crippen molar-refractivity contribution in [3.63, 3.8) is 0 Å². The molecule has 0 bridgehead atoms. The smallest absolute Gasteiger partial charge is 0.0129 e. The Bertz CT molecular complexity index is 199. The molecule has 0 aromatic heterocycles. The van der Waals surface area contributed by atoms with E-state index in [2.05, 4.69) is 26.1 Å². The van der Waals surface area contributed by atoms with E-state index in [4.69, 9.17) is 0 Å². The molecule has 2 fully saturated rings. The fraction of sp³-hybridized carbons (Fsp3) is 1.00. The van der Waals surface area contributed by atoms with E-state index in [1.54, 1.807) is 0 Å². The minimum atomic E-state index is 0.633. The van der Waals surface area contributed by atoms with Crippen molar-refractivity contribution in [2.75, 3.05) is 6.54 Å². The Labute approximate surface area is 95.0 Å². The summed E-state index contributed by atoms with van der Waals surface area (Å²) in [7, 11) is 0. The Morgan fingerprint density at radius 1 is 1.27 bits per heavy atom. The van der Waals surface area contributed by atoms with Crippen molar-refractivity contribution in [3.05, 3.63) is 0 Å². The normalized spacial score (nSPS) is 31.8. The number of rotatable bonds is 5. The molecule has 0 aliphatic heterocycles. The van der Waals surface area contributed by atoms with Crippen LogP contribution in [0.1, 0.15) is 59.3 Å². The Morgan fingerprint density at radius 3 is 2.33 bits per heavy atom. The van der Waals surface area contributed by atoms with Crippen molar-refractivity contribution in [1.82, 2.24) is 5.32 Å². The molecule has 0 saturated heterocycles. The van der Waals surface area contributed by atoms with E-state index in [1.165, 1.54) is 45.1 Å². The maximum absolute atomic E-state index is 3.83. The highest BCUT2D eigenvalue weighted by Gasteiger charge is 2.51. The van der Waals surface area contributed by atoms with Crippen LogP contribution < -0.4 is 5.32 Å². The molecule has 2 saturated carbocycles. The van der Waals surface area contributed by atoms with Gasteiger partial charge in [-0.1, -0.05) is 33.6 Å². The fourth-order valence-electron chi connectivity index (χ4n) is 3.39. The molecule has 0 radical (unpaired) electrons. The molecular weight excluding hydrogens is 182 g/mol. The minimum absolute atomic E-state index is 0.633. The zero-order valence-electron chi connectivity index (χ0n) is 10.7. The van der Waals surface area contributed by atoms with E-state index < -0.39 is 0 Å². The van der Waals surface area contributed by atoms with Crippen LogP contribution in [0.25, 0.3) is 0 Å². The van der Waals surface area contributed by atoms with E-state index in [-0.39, 0.29) is 0 Å². The van der Waals surface area contributed by atoms with Crippen LogP contribution in [0, 0.1) is 17.3 Å². The molecule has 2 aliphatic carbocycles. The lowest BCUT2D eigenvalue weighted by molar-refractivity contribution is 0.297. The molecule has 2 rings (SSSR count). The van der Waals surface area contributed by atoms with Gasteiger partial charge in [0.05, 0.1) is 0 Å². The van der Waals surface area contributed by atoms with Gasteiger partial charge in [0.2, 0.25) is 0 Å². The first-order chi connectivity index (χ1) is 7.15. The number of hydrogen-bond acceptors (Lipinski definition) is 1. The van der Waals surface area contributed by atoms with E-state index in [1.807, 2.05) is 0 Å². The summed E-state index contributed by atoms with van der Waals surface area (Å²) in [6.07, 6.45) is 8.63. The molecule has 0 amide bonds. The predicted molar refractivity (Wildman–Crippen MR) is 65.9 cm³/mol. The second-order valence-electron chi connectivity index (χ2n) is 6.32. The summed E-state index contributed by atoms with van der Waals surface area (Å²) < 4.78 is 0. The van der Waals surface area contributed by atoms with Gasteiger partial charge < -0.3 is 5.32 Å². The summed E-state index contributed by atoms with van der Waals surface area (Å²) >= 11 is 0. The summed E-state index contributed by atoms with van der Waals surface area (Å²) in [4.78, 5) is 0. The zero-order chi connectivity index (χ0) is 10.9. The minimum Gasteiger partial charge on any atom is -0.313 e. The lowest BCUT2D eigenvalue weighted by atomic mass is 9.90. The van der Waals surface area contributed by atoms with Gasteiger partial charge in [0, 0.05) is 6.04 Å². The Kier molecular flexibility index (Phi) is 3.39. The van der Waals surface area contributed by atoms with Crippen molar-refractivity contribution in [3.8, 4) is 0 Å². The predicted octanol–water partition coefficient (Wildman–Crippen LogP) is 3.59. The van der Waals surface area contributed by atoms with Crippen LogP contribution >= 0.6 is 0 Å². The molecule has 2 unspecified atom stereocenters. The molecule has 1 nitrogen and oxygen atoms in total. The van der Waals surface area contributed by atoms with Gasteiger partial charge in [-0.25, -0.2) is 0 Å². The highest BCUT2D eigenvalue weighted by Crippen LogP contribution is 2.56. The molecular formula is C14H27N. The molecule has 88 valence electrons. The van der Waals surface area contributed by atoms with Gasteiger partial charge in [-0.15, -0.1) is 0 Å². The second kappa shape index (κ2) is 4.45. The third-order valence-electron chi connectivity index (χ3n) is 4.56. The van der Waals surface area contributed by atoms with E-state index >= 15 is 0 Å². The Hall–Kier alpha value is -0.0400. The lowest BCUT2D eigenvalue weighted by Gasteiger charge is -2.26. The van der Waals surface area contributed by atoms with Gasteiger partial charge in [0.1, 0.15) is 0 Å². The number of nitrogens with one attached hydrogen (secondary N) is 1. The molecule has 2 atom stereocenters. The van der Waals surface area contributed by atoms with Crippen molar-refractivity contribution in [2.24, 2.45) is 17.3 Å². The highest BCUT2D eigenvalue weighted by molar-refractivity contribution is 5.04. The zero-order valence-corrected chi connectivity index (χ0v) is 10.7. The molecule has 2 aliphatic rings. The van der Waals surface area contributed by atoms with Crippen LogP contribution in [0.5, 0.6) is 0 Å². The van der Waals surface area contributed by atoms with E-state index in [0.29, 0.717) is 5.41 Å².